The Bertz CT molecular complexity index is 155. The molecule has 4 nitrogen and oxygen atoms in total. The fourth-order valence-corrected chi connectivity index (χ4v) is 0.395. The van der Waals surface area contributed by atoms with E-state index in [1.165, 1.54) is 6.08 Å². The molecule has 5 heteroatoms. The number of aliphatic imine (C=N–C) groups is 1. The number of rotatable bonds is 2. The molecule has 0 saturated heterocycles. The van der Waals surface area contributed by atoms with Gasteiger partial charge in [0.25, 0.3) is 0 Å². The summed E-state index contributed by atoms with van der Waals surface area (Å²) in [5.74, 6) is 0. The van der Waals surface area contributed by atoms with Gasteiger partial charge >= 0.3 is 0 Å². The Hall–Kier alpha value is -0.680. The van der Waals surface area contributed by atoms with Crippen LogP contribution in [0.1, 0.15) is 0 Å². The van der Waals surface area contributed by atoms with E-state index in [0.717, 1.165) is 0 Å². The number of hydrogen-bond acceptors (Lipinski definition) is 2. The molecule has 0 aliphatic rings. The molecule has 1 unspecified atom stereocenters. The first kappa shape index (κ1) is 8.32. The smallest absolute Gasteiger partial charge is 0.222 e. The van der Waals surface area contributed by atoms with Crippen LogP contribution in [0.15, 0.2) is 17.6 Å². The molecule has 3 N–H and O–H groups in total. The molecule has 52 valence electrons. The van der Waals surface area contributed by atoms with Gasteiger partial charge in [0.05, 0.1) is 6.54 Å². The Labute approximate surface area is 55.8 Å². The van der Waals surface area contributed by atoms with Crippen LogP contribution in [0.25, 0.3) is 0 Å². The van der Waals surface area contributed by atoms with Gasteiger partial charge in [-0.1, -0.05) is 6.08 Å². The second-order valence-corrected chi connectivity index (χ2v) is 2.13. The highest BCUT2D eigenvalue weighted by atomic mass is 32.2. The van der Waals surface area contributed by atoms with Crippen molar-refractivity contribution in [3.8, 4) is 0 Å². The quantitative estimate of drug-likeness (QED) is 0.244. The highest BCUT2D eigenvalue weighted by molar-refractivity contribution is 7.95. The van der Waals surface area contributed by atoms with Crippen LogP contribution in [-0.2, 0) is 11.1 Å². The van der Waals surface area contributed by atoms with Crippen LogP contribution in [0.4, 0.5) is 0 Å². The van der Waals surface area contributed by atoms with E-state index in [1.54, 1.807) is 0 Å². The Kier molecular flexibility index (Phi) is 3.90. The number of amidine groups is 1. The van der Waals surface area contributed by atoms with Gasteiger partial charge in [0.2, 0.25) is 16.2 Å². The van der Waals surface area contributed by atoms with E-state index in [-0.39, 0.29) is 11.7 Å². The first-order valence-electron chi connectivity index (χ1n) is 2.20. The second kappa shape index (κ2) is 4.22. The third kappa shape index (κ3) is 3.87. The van der Waals surface area contributed by atoms with Crippen molar-refractivity contribution in [2.75, 3.05) is 6.54 Å². The van der Waals surface area contributed by atoms with Gasteiger partial charge in [0, 0.05) is 0 Å². The van der Waals surface area contributed by atoms with Gasteiger partial charge in [-0.15, -0.1) is 6.58 Å². The lowest BCUT2D eigenvalue weighted by atomic mass is 10.7. The number of nitrogens with zero attached hydrogens (tertiary/aromatic N) is 1. The Balaban J connectivity index is 3.83. The summed E-state index contributed by atoms with van der Waals surface area (Å²) in [6.45, 7) is 3.62. The first-order chi connectivity index (χ1) is 4.18. The average Bonchev–Trinajstić information content (AvgIpc) is 1.82. The third-order valence-electron chi connectivity index (χ3n) is 0.555. The van der Waals surface area contributed by atoms with E-state index in [4.69, 9.17) is 10.3 Å². The molecule has 0 saturated carbocycles. The molecule has 0 radical (unpaired) electrons. The van der Waals surface area contributed by atoms with Crippen LogP contribution in [0.2, 0.25) is 0 Å². The molecule has 0 aliphatic carbocycles. The standard InChI is InChI=1S/C4H8N2O2S/c1-2-3-6-4(5)9(7)8/h2H,1,3H2,(H2,5,6)(H,7,8). The number of nitrogens with two attached hydrogens (primary N) is 1. The molecule has 0 aromatic heterocycles. The molecular weight excluding hydrogens is 140 g/mol. The fraction of sp³-hybridized carbons (Fsp3) is 0.250. The summed E-state index contributed by atoms with van der Waals surface area (Å²) in [6, 6.07) is 0. The normalized spacial score (nSPS) is 15.0. The third-order valence-corrected chi connectivity index (χ3v) is 1.04. The van der Waals surface area contributed by atoms with Crippen LogP contribution >= 0.6 is 0 Å². The molecule has 0 heterocycles. The molecule has 0 spiro atoms. The van der Waals surface area contributed by atoms with Crippen molar-refractivity contribution < 1.29 is 8.76 Å². The predicted octanol–water partition coefficient (Wildman–Crippen LogP) is -0.291. The molecule has 0 aromatic carbocycles. The van der Waals surface area contributed by atoms with E-state index in [1.807, 2.05) is 0 Å². The fourth-order valence-electron chi connectivity index (χ4n) is 0.210. The molecule has 0 aliphatic heterocycles. The Morgan fingerprint density at radius 1 is 2.00 bits per heavy atom. The highest BCUT2D eigenvalue weighted by Gasteiger charge is 1.95. The van der Waals surface area contributed by atoms with Gasteiger partial charge in [-0.2, -0.15) is 0 Å². The number of hydrogen-bond donors (Lipinski definition) is 2. The largest absolute Gasteiger partial charge is 0.375 e. The summed E-state index contributed by atoms with van der Waals surface area (Å²) in [7, 11) is 0. The molecular formula is C4H8N2O2S. The summed E-state index contributed by atoms with van der Waals surface area (Å²) in [5.41, 5.74) is 4.95. The maximum Gasteiger partial charge on any atom is 0.222 e. The van der Waals surface area contributed by atoms with Crippen molar-refractivity contribution >= 4 is 16.2 Å². The van der Waals surface area contributed by atoms with Gasteiger partial charge in [-0.25, -0.2) is 4.21 Å². The molecule has 0 rings (SSSR count). The van der Waals surface area contributed by atoms with Gasteiger partial charge in [-0.3, -0.25) is 9.55 Å². The zero-order chi connectivity index (χ0) is 7.28. The van der Waals surface area contributed by atoms with Crippen molar-refractivity contribution in [1.29, 1.82) is 0 Å². The van der Waals surface area contributed by atoms with Crippen LogP contribution in [0, 0.1) is 0 Å². The Morgan fingerprint density at radius 3 is 2.89 bits per heavy atom. The molecule has 0 aromatic rings. The maximum atomic E-state index is 10.0. The van der Waals surface area contributed by atoms with Crippen LogP contribution in [0.5, 0.6) is 0 Å². The zero-order valence-electron chi connectivity index (χ0n) is 4.78. The van der Waals surface area contributed by atoms with Gasteiger partial charge < -0.3 is 5.73 Å². The average molecular weight is 148 g/mol. The molecule has 9 heavy (non-hydrogen) atoms. The van der Waals surface area contributed by atoms with Crippen molar-refractivity contribution in [1.82, 2.24) is 0 Å². The van der Waals surface area contributed by atoms with E-state index in [9.17, 15) is 4.21 Å². The summed E-state index contributed by atoms with van der Waals surface area (Å²) < 4.78 is 18.3. The predicted molar refractivity (Wildman–Crippen MR) is 37.5 cm³/mol. The van der Waals surface area contributed by atoms with E-state index in [2.05, 4.69) is 11.6 Å². The zero-order valence-corrected chi connectivity index (χ0v) is 5.60. The van der Waals surface area contributed by atoms with Gasteiger partial charge in [0.1, 0.15) is 0 Å². The van der Waals surface area contributed by atoms with Crippen molar-refractivity contribution in [2.24, 2.45) is 10.7 Å². The summed E-state index contributed by atoms with van der Waals surface area (Å²) in [5, 5.41) is -0.269. The lowest BCUT2D eigenvalue weighted by Gasteiger charge is -1.88. The second-order valence-electron chi connectivity index (χ2n) is 1.22. The van der Waals surface area contributed by atoms with Crippen LogP contribution < -0.4 is 5.73 Å². The summed E-state index contributed by atoms with van der Waals surface area (Å²) >= 11 is -2.13. The molecule has 0 amide bonds. The van der Waals surface area contributed by atoms with Crippen LogP contribution in [0.3, 0.4) is 0 Å². The van der Waals surface area contributed by atoms with Crippen LogP contribution in [-0.4, -0.2) is 20.5 Å². The van der Waals surface area contributed by atoms with Gasteiger partial charge in [-0.05, 0) is 0 Å². The Morgan fingerprint density at radius 2 is 2.56 bits per heavy atom. The molecule has 0 bridgehead atoms. The minimum Gasteiger partial charge on any atom is -0.375 e. The molecule has 1 atom stereocenters. The van der Waals surface area contributed by atoms with E-state index in [0.29, 0.717) is 0 Å². The minimum atomic E-state index is -2.13. The van der Waals surface area contributed by atoms with E-state index >= 15 is 0 Å². The SMILES string of the molecule is C=CCN=C(N)S(=O)O. The summed E-state index contributed by atoms with van der Waals surface area (Å²) in [4.78, 5) is 3.47. The lowest BCUT2D eigenvalue weighted by molar-refractivity contribution is 0.576. The highest BCUT2D eigenvalue weighted by Crippen LogP contribution is 1.76. The monoisotopic (exact) mass is 148 g/mol. The minimum absolute atomic E-state index is 0.269. The summed E-state index contributed by atoms with van der Waals surface area (Å²) in [6.07, 6.45) is 1.49. The first-order valence-corrected chi connectivity index (χ1v) is 3.31. The van der Waals surface area contributed by atoms with Crippen molar-refractivity contribution in [3.63, 3.8) is 0 Å². The lowest BCUT2D eigenvalue weighted by Crippen LogP contribution is -2.17. The maximum absolute atomic E-state index is 10.0. The van der Waals surface area contributed by atoms with E-state index < -0.39 is 11.1 Å². The van der Waals surface area contributed by atoms with Crippen molar-refractivity contribution in [2.45, 2.75) is 0 Å². The van der Waals surface area contributed by atoms with Gasteiger partial charge in [0.15, 0.2) is 0 Å². The molecule has 0 fully saturated rings. The van der Waals surface area contributed by atoms with Crippen molar-refractivity contribution in [3.05, 3.63) is 12.7 Å². The topological polar surface area (TPSA) is 75.7 Å².